The lowest BCUT2D eigenvalue weighted by Gasteiger charge is -2.14. The smallest absolute Gasteiger partial charge is 0.184 e. The van der Waals surface area contributed by atoms with Gasteiger partial charge in [0, 0.05) is 13.1 Å². The Morgan fingerprint density at radius 2 is 1.27 bits per heavy atom. The minimum Gasteiger partial charge on any atom is -0.394 e. The molecule has 0 fully saturated rings. The molecule has 0 aromatic carbocycles. The number of aliphatic hydroxyl groups excluding tert-OH is 4. The standard InChI is InChI=1S/C12H16N6O4/c13-1-9-11(15-3-7(21)5-19)18-12(10(2-14)17-9)16-4-8(22)6-20/h7-8,19-22H,3-6H2,(H2,15,16,18). The van der Waals surface area contributed by atoms with Crippen LogP contribution < -0.4 is 10.6 Å². The van der Waals surface area contributed by atoms with Crippen LogP contribution in [0.1, 0.15) is 11.4 Å². The first-order valence-corrected chi connectivity index (χ1v) is 6.33. The van der Waals surface area contributed by atoms with Crippen LogP contribution in [0.4, 0.5) is 11.6 Å². The maximum absolute atomic E-state index is 9.29. The van der Waals surface area contributed by atoms with Crippen molar-refractivity contribution in [1.29, 1.82) is 10.5 Å². The summed E-state index contributed by atoms with van der Waals surface area (Å²) < 4.78 is 0. The molecule has 2 unspecified atom stereocenters. The number of anilines is 2. The van der Waals surface area contributed by atoms with Gasteiger partial charge in [-0.05, 0) is 0 Å². The fourth-order valence-corrected chi connectivity index (χ4v) is 1.40. The predicted molar refractivity (Wildman–Crippen MR) is 74.6 cm³/mol. The van der Waals surface area contributed by atoms with Gasteiger partial charge in [0.15, 0.2) is 23.0 Å². The van der Waals surface area contributed by atoms with Crippen LogP contribution >= 0.6 is 0 Å². The number of nitriles is 2. The molecule has 0 amide bonds. The van der Waals surface area contributed by atoms with Gasteiger partial charge in [-0.1, -0.05) is 0 Å². The highest BCUT2D eigenvalue weighted by atomic mass is 16.3. The topological polar surface area (TPSA) is 178 Å². The first-order valence-electron chi connectivity index (χ1n) is 6.33. The lowest BCUT2D eigenvalue weighted by Crippen LogP contribution is -2.26. The van der Waals surface area contributed by atoms with Gasteiger partial charge in [-0.25, -0.2) is 9.97 Å². The van der Waals surface area contributed by atoms with E-state index in [9.17, 15) is 10.2 Å². The first kappa shape index (κ1) is 17.6. The Labute approximate surface area is 126 Å². The van der Waals surface area contributed by atoms with Gasteiger partial charge in [0.05, 0.1) is 25.4 Å². The van der Waals surface area contributed by atoms with Gasteiger partial charge < -0.3 is 31.1 Å². The molecule has 118 valence electrons. The Kier molecular flexibility index (Phi) is 6.95. The van der Waals surface area contributed by atoms with E-state index >= 15 is 0 Å². The average Bonchev–Trinajstić information content (AvgIpc) is 2.56. The quantitative estimate of drug-likeness (QED) is 0.307. The van der Waals surface area contributed by atoms with E-state index in [0.717, 1.165) is 0 Å². The molecule has 22 heavy (non-hydrogen) atoms. The van der Waals surface area contributed by atoms with E-state index in [1.165, 1.54) is 0 Å². The summed E-state index contributed by atoms with van der Waals surface area (Å²) in [4.78, 5) is 7.83. The maximum atomic E-state index is 9.29. The van der Waals surface area contributed by atoms with Crippen molar-refractivity contribution >= 4 is 11.6 Å². The van der Waals surface area contributed by atoms with Crippen molar-refractivity contribution in [3.8, 4) is 12.1 Å². The Morgan fingerprint density at radius 1 is 0.864 bits per heavy atom. The molecule has 1 aromatic heterocycles. The molecule has 10 heteroatoms. The zero-order valence-electron chi connectivity index (χ0n) is 11.6. The molecule has 0 aliphatic rings. The Balaban J connectivity index is 3.00. The highest BCUT2D eigenvalue weighted by Gasteiger charge is 2.15. The lowest BCUT2D eigenvalue weighted by atomic mass is 10.3. The molecule has 0 saturated heterocycles. The highest BCUT2D eigenvalue weighted by molar-refractivity contribution is 5.58. The summed E-state index contributed by atoms with van der Waals surface area (Å²) in [5.74, 6) is 0.0463. The number of nitrogens with one attached hydrogen (secondary N) is 2. The summed E-state index contributed by atoms with van der Waals surface area (Å²) >= 11 is 0. The van der Waals surface area contributed by atoms with Crippen molar-refractivity contribution in [2.24, 2.45) is 0 Å². The predicted octanol–water partition coefficient (Wildman–Crippen LogP) is -2.25. The van der Waals surface area contributed by atoms with E-state index in [-0.39, 0.29) is 36.1 Å². The number of hydrogen-bond donors (Lipinski definition) is 6. The monoisotopic (exact) mass is 308 g/mol. The summed E-state index contributed by atoms with van der Waals surface area (Å²) in [6.07, 6.45) is -2.09. The normalized spacial score (nSPS) is 12.8. The third kappa shape index (κ3) is 4.80. The van der Waals surface area contributed by atoms with Gasteiger partial charge in [0.2, 0.25) is 0 Å². The summed E-state index contributed by atoms with van der Waals surface area (Å²) in [5.41, 5.74) is -0.287. The number of aromatic nitrogens is 2. The molecule has 6 N–H and O–H groups in total. The molecule has 2 atom stereocenters. The summed E-state index contributed by atoms with van der Waals surface area (Å²) in [6, 6.07) is 3.53. The van der Waals surface area contributed by atoms with Gasteiger partial charge in [0.25, 0.3) is 0 Å². The summed E-state index contributed by atoms with van der Waals surface area (Å²) in [7, 11) is 0. The van der Waals surface area contributed by atoms with Gasteiger partial charge >= 0.3 is 0 Å². The fourth-order valence-electron chi connectivity index (χ4n) is 1.40. The van der Waals surface area contributed by atoms with Crippen LogP contribution in [-0.4, -0.2) is 68.9 Å². The molecule has 0 spiro atoms. The van der Waals surface area contributed by atoms with Crippen molar-refractivity contribution in [2.75, 3.05) is 36.9 Å². The molecule has 0 saturated carbocycles. The second-order valence-electron chi connectivity index (χ2n) is 4.28. The van der Waals surface area contributed by atoms with Gasteiger partial charge in [-0.3, -0.25) is 0 Å². The van der Waals surface area contributed by atoms with E-state index in [2.05, 4.69) is 20.6 Å². The zero-order chi connectivity index (χ0) is 16.5. The van der Waals surface area contributed by atoms with Gasteiger partial charge in [-0.15, -0.1) is 0 Å². The van der Waals surface area contributed by atoms with Gasteiger partial charge in [0.1, 0.15) is 12.1 Å². The SMILES string of the molecule is N#Cc1nc(C#N)c(NCC(O)CO)nc1NCC(O)CO. The van der Waals surface area contributed by atoms with Crippen molar-refractivity contribution in [1.82, 2.24) is 9.97 Å². The first-order chi connectivity index (χ1) is 10.5. The van der Waals surface area contributed by atoms with Gasteiger partial charge in [-0.2, -0.15) is 10.5 Å². The number of nitrogens with zero attached hydrogens (tertiary/aromatic N) is 4. The van der Waals surface area contributed by atoms with Crippen LogP contribution in [0.5, 0.6) is 0 Å². The largest absolute Gasteiger partial charge is 0.394 e. The molecule has 0 radical (unpaired) electrons. The molecule has 0 bridgehead atoms. The molecular weight excluding hydrogens is 292 g/mol. The van der Waals surface area contributed by atoms with Crippen molar-refractivity contribution in [2.45, 2.75) is 12.2 Å². The van der Waals surface area contributed by atoms with Crippen LogP contribution in [0.3, 0.4) is 0 Å². The third-order valence-electron chi connectivity index (χ3n) is 2.54. The second kappa shape index (κ2) is 8.71. The maximum Gasteiger partial charge on any atom is 0.184 e. The van der Waals surface area contributed by atoms with Crippen LogP contribution in [-0.2, 0) is 0 Å². The minimum atomic E-state index is -1.04. The summed E-state index contributed by atoms with van der Waals surface area (Å²) in [5, 5.41) is 59.4. The van der Waals surface area contributed by atoms with E-state index in [1.807, 2.05) is 0 Å². The molecule has 0 aliphatic heterocycles. The third-order valence-corrected chi connectivity index (χ3v) is 2.54. The van der Waals surface area contributed by atoms with E-state index in [4.69, 9.17) is 20.7 Å². The molecule has 1 heterocycles. The molecule has 10 nitrogen and oxygen atoms in total. The fraction of sp³-hybridized carbons (Fsp3) is 0.500. The van der Waals surface area contributed by atoms with Crippen LogP contribution in [0, 0.1) is 22.7 Å². The second-order valence-corrected chi connectivity index (χ2v) is 4.28. The van der Waals surface area contributed by atoms with Crippen LogP contribution in [0.25, 0.3) is 0 Å². The van der Waals surface area contributed by atoms with Crippen LogP contribution in [0.2, 0.25) is 0 Å². The van der Waals surface area contributed by atoms with Crippen molar-refractivity contribution in [3.63, 3.8) is 0 Å². The summed E-state index contributed by atoms with van der Waals surface area (Å²) in [6.45, 7) is -1.06. The number of rotatable bonds is 8. The lowest BCUT2D eigenvalue weighted by molar-refractivity contribution is 0.105. The molecule has 1 aromatic rings. The van der Waals surface area contributed by atoms with Crippen LogP contribution in [0.15, 0.2) is 0 Å². The molecule has 1 rings (SSSR count). The Bertz CT molecular complexity index is 535. The van der Waals surface area contributed by atoms with E-state index < -0.39 is 25.4 Å². The average molecular weight is 308 g/mol. The number of aliphatic hydroxyl groups is 4. The Hall–Kier alpha value is -2.50. The zero-order valence-corrected chi connectivity index (χ0v) is 11.6. The molecule has 0 aliphatic carbocycles. The Morgan fingerprint density at radius 3 is 1.59 bits per heavy atom. The number of hydrogen-bond acceptors (Lipinski definition) is 10. The van der Waals surface area contributed by atoms with Crippen molar-refractivity contribution < 1.29 is 20.4 Å². The van der Waals surface area contributed by atoms with E-state index in [0.29, 0.717) is 0 Å². The van der Waals surface area contributed by atoms with Crippen molar-refractivity contribution in [3.05, 3.63) is 11.4 Å². The minimum absolute atomic E-state index is 0.0231. The highest BCUT2D eigenvalue weighted by Crippen LogP contribution is 2.17. The van der Waals surface area contributed by atoms with E-state index in [1.54, 1.807) is 12.1 Å². The molecular formula is C12H16N6O4.